The SMILES string of the molecule is [CH2]COc1ccc(Oc2cccc(Cl)c2)cc1. The van der Waals surface area contributed by atoms with Gasteiger partial charge in [0.25, 0.3) is 0 Å². The number of hydrogen-bond acceptors (Lipinski definition) is 2. The molecule has 0 atom stereocenters. The Morgan fingerprint density at radius 3 is 2.29 bits per heavy atom. The molecule has 0 spiro atoms. The lowest BCUT2D eigenvalue weighted by molar-refractivity contribution is 0.360. The Bertz CT molecular complexity index is 480. The van der Waals surface area contributed by atoms with Crippen molar-refractivity contribution < 1.29 is 9.47 Å². The van der Waals surface area contributed by atoms with Crippen LogP contribution >= 0.6 is 11.6 Å². The number of ether oxygens (including phenoxy) is 2. The van der Waals surface area contributed by atoms with Crippen molar-refractivity contribution in [2.75, 3.05) is 6.61 Å². The highest BCUT2D eigenvalue weighted by Gasteiger charge is 1.98. The fourth-order valence-corrected chi connectivity index (χ4v) is 1.57. The zero-order valence-corrected chi connectivity index (χ0v) is 9.98. The molecule has 0 bridgehead atoms. The van der Waals surface area contributed by atoms with E-state index in [2.05, 4.69) is 6.92 Å². The molecule has 0 fully saturated rings. The molecule has 3 heteroatoms. The molecule has 0 saturated carbocycles. The molecule has 2 rings (SSSR count). The average Bonchev–Trinajstić information content (AvgIpc) is 2.32. The maximum absolute atomic E-state index is 5.87. The van der Waals surface area contributed by atoms with Gasteiger partial charge in [-0.3, -0.25) is 0 Å². The van der Waals surface area contributed by atoms with Gasteiger partial charge < -0.3 is 9.47 Å². The van der Waals surface area contributed by atoms with E-state index in [0.29, 0.717) is 17.4 Å². The number of hydrogen-bond donors (Lipinski definition) is 0. The second-order valence-electron chi connectivity index (χ2n) is 3.38. The smallest absolute Gasteiger partial charge is 0.128 e. The average molecular weight is 248 g/mol. The molecule has 2 nitrogen and oxygen atoms in total. The lowest BCUT2D eigenvalue weighted by atomic mass is 10.3. The zero-order chi connectivity index (χ0) is 12.1. The van der Waals surface area contributed by atoms with Gasteiger partial charge in [0.05, 0.1) is 6.61 Å². The van der Waals surface area contributed by atoms with E-state index in [4.69, 9.17) is 21.1 Å². The van der Waals surface area contributed by atoms with Crippen LogP contribution in [0.2, 0.25) is 5.02 Å². The molecule has 1 radical (unpaired) electrons. The Hall–Kier alpha value is -1.67. The summed E-state index contributed by atoms with van der Waals surface area (Å²) in [5.74, 6) is 2.23. The second-order valence-corrected chi connectivity index (χ2v) is 3.82. The van der Waals surface area contributed by atoms with E-state index < -0.39 is 0 Å². The maximum atomic E-state index is 5.87. The van der Waals surface area contributed by atoms with Crippen molar-refractivity contribution in [1.29, 1.82) is 0 Å². The molecule has 0 aliphatic rings. The van der Waals surface area contributed by atoms with Gasteiger partial charge in [0.1, 0.15) is 17.2 Å². The zero-order valence-electron chi connectivity index (χ0n) is 9.23. The van der Waals surface area contributed by atoms with Gasteiger partial charge in [-0.2, -0.15) is 0 Å². The number of rotatable bonds is 4. The molecule has 0 amide bonds. The molecular weight excluding hydrogens is 236 g/mol. The van der Waals surface area contributed by atoms with Gasteiger partial charge in [-0.05, 0) is 49.4 Å². The van der Waals surface area contributed by atoms with E-state index in [9.17, 15) is 0 Å². The van der Waals surface area contributed by atoms with Gasteiger partial charge in [0.2, 0.25) is 0 Å². The molecule has 87 valence electrons. The van der Waals surface area contributed by atoms with Crippen LogP contribution in [0.4, 0.5) is 0 Å². The highest BCUT2D eigenvalue weighted by molar-refractivity contribution is 6.30. The van der Waals surface area contributed by atoms with E-state index in [1.807, 2.05) is 36.4 Å². The van der Waals surface area contributed by atoms with Gasteiger partial charge in [-0.15, -0.1) is 0 Å². The third-order valence-electron chi connectivity index (χ3n) is 2.12. The Kier molecular flexibility index (Phi) is 3.89. The topological polar surface area (TPSA) is 18.5 Å². The predicted molar refractivity (Wildman–Crippen MR) is 68.8 cm³/mol. The molecule has 2 aromatic carbocycles. The van der Waals surface area contributed by atoms with Crippen LogP contribution in [0, 0.1) is 6.92 Å². The second kappa shape index (κ2) is 5.60. The van der Waals surface area contributed by atoms with Crippen molar-refractivity contribution >= 4 is 11.6 Å². The first kappa shape index (κ1) is 11.8. The summed E-state index contributed by atoms with van der Waals surface area (Å²) < 4.78 is 10.9. The van der Waals surface area contributed by atoms with E-state index >= 15 is 0 Å². The van der Waals surface area contributed by atoms with Gasteiger partial charge >= 0.3 is 0 Å². The highest BCUT2D eigenvalue weighted by Crippen LogP contribution is 2.25. The van der Waals surface area contributed by atoms with E-state index in [1.165, 1.54) is 0 Å². The van der Waals surface area contributed by atoms with Crippen molar-refractivity contribution in [2.45, 2.75) is 0 Å². The van der Waals surface area contributed by atoms with Crippen molar-refractivity contribution in [3.63, 3.8) is 0 Å². The van der Waals surface area contributed by atoms with Gasteiger partial charge in [0.15, 0.2) is 0 Å². The third kappa shape index (κ3) is 3.40. The first-order valence-corrected chi connectivity index (χ1v) is 5.61. The van der Waals surface area contributed by atoms with Crippen molar-refractivity contribution in [2.24, 2.45) is 0 Å². The molecule has 0 unspecified atom stereocenters. The van der Waals surface area contributed by atoms with Crippen molar-refractivity contribution in [3.8, 4) is 17.2 Å². The Balaban J connectivity index is 2.08. The van der Waals surface area contributed by atoms with Gasteiger partial charge in [-0.25, -0.2) is 0 Å². The Labute approximate surface area is 106 Å². The largest absolute Gasteiger partial charge is 0.494 e. The quantitative estimate of drug-likeness (QED) is 0.800. The maximum Gasteiger partial charge on any atom is 0.128 e. The first-order chi connectivity index (χ1) is 8.28. The van der Waals surface area contributed by atoms with E-state index in [0.717, 1.165) is 11.5 Å². The first-order valence-electron chi connectivity index (χ1n) is 5.23. The Morgan fingerprint density at radius 2 is 1.65 bits per heavy atom. The lowest BCUT2D eigenvalue weighted by Crippen LogP contribution is -1.91. The van der Waals surface area contributed by atoms with Crippen LogP contribution in [0.15, 0.2) is 48.5 Å². The molecular formula is C14H12ClO2. The van der Waals surface area contributed by atoms with Crippen LogP contribution in [0.5, 0.6) is 17.2 Å². The van der Waals surface area contributed by atoms with Crippen LogP contribution in [0.25, 0.3) is 0 Å². The summed E-state index contributed by atoms with van der Waals surface area (Å²) in [6.07, 6.45) is 0. The fourth-order valence-electron chi connectivity index (χ4n) is 1.39. The molecule has 0 heterocycles. The van der Waals surface area contributed by atoms with Crippen LogP contribution in [-0.4, -0.2) is 6.61 Å². The minimum absolute atomic E-state index is 0.411. The lowest BCUT2D eigenvalue weighted by Gasteiger charge is -2.07. The normalized spacial score (nSPS) is 10.0. The monoisotopic (exact) mass is 247 g/mol. The van der Waals surface area contributed by atoms with Crippen molar-refractivity contribution in [3.05, 3.63) is 60.5 Å². The summed E-state index contributed by atoms with van der Waals surface area (Å²) in [7, 11) is 0. The molecule has 0 aromatic heterocycles. The fraction of sp³-hybridized carbons (Fsp3) is 0.0714. The minimum Gasteiger partial charge on any atom is -0.494 e. The van der Waals surface area contributed by atoms with Crippen molar-refractivity contribution in [1.82, 2.24) is 0 Å². The summed E-state index contributed by atoms with van der Waals surface area (Å²) in [6, 6.07) is 14.6. The number of benzene rings is 2. The Morgan fingerprint density at radius 1 is 0.941 bits per heavy atom. The molecule has 17 heavy (non-hydrogen) atoms. The third-order valence-corrected chi connectivity index (χ3v) is 2.36. The molecule has 0 saturated heterocycles. The van der Waals surface area contributed by atoms with E-state index in [-0.39, 0.29) is 0 Å². The summed E-state index contributed by atoms with van der Waals surface area (Å²) in [4.78, 5) is 0. The standard InChI is InChI=1S/C14H12ClO2/c1-2-16-12-6-8-13(9-7-12)17-14-5-3-4-11(15)10-14/h3-10H,1-2H2. The van der Waals surface area contributed by atoms with Gasteiger partial charge in [0, 0.05) is 5.02 Å². The van der Waals surface area contributed by atoms with E-state index in [1.54, 1.807) is 12.1 Å². The number of halogens is 1. The molecule has 0 aliphatic heterocycles. The summed E-state index contributed by atoms with van der Waals surface area (Å²) >= 11 is 5.87. The molecule has 2 aromatic rings. The summed E-state index contributed by atoms with van der Waals surface area (Å²) in [5, 5.41) is 0.652. The molecule has 0 N–H and O–H groups in total. The van der Waals surface area contributed by atoms with Crippen LogP contribution < -0.4 is 9.47 Å². The van der Waals surface area contributed by atoms with Gasteiger partial charge in [-0.1, -0.05) is 17.7 Å². The predicted octanol–water partition coefficient (Wildman–Crippen LogP) is 4.35. The van der Waals surface area contributed by atoms with Crippen LogP contribution in [-0.2, 0) is 0 Å². The molecule has 0 aliphatic carbocycles. The van der Waals surface area contributed by atoms with Crippen LogP contribution in [0.1, 0.15) is 0 Å². The minimum atomic E-state index is 0.411. The summed E-state index contributed by atoms with van der Waals surface area (Å²) in [6.45, 7) is 4.02. The summed E-state index contributed by atoms with van der Waals surface area (Å²) in [5.41, 5.74) is 0. The van der Waals surface area contributed by atoms with Crippen LogP contribution in [0.3, 0.4) is 0 Å². The highest BCUT2D eigenvalue weighted by atomic mass is 35.5.